The topological polar surface area (TPSA) is 20.2 Å². The molecule has 1 heteroatoms. The molecule has 0 unspecified atom stereocenters. The minimum atomic E-state index is -0.227. The van der Waals surface area contributed by atoms with Crippen LogP contribution in [0, 0.1) is 6.92 Å². The molecule has 1 aromatic carbocycles. The Labute approximate surface area is 73.0 Å². The van der Waals surface area contributed by atoms with Gasteiger partial charge in [-0.3, -0.25) is 0 Å². The first kappa shape index (κ1) is 7.81. The fourth-order valence-corrected chi connectivity index (χ4v) is 2.25. The summed E-state index contributed by atoms with van der Waals surface area (Å²) in [5.74, 6) is 0.524. The number of fused-ring (bicyclic) bond motifs is 1. The summed E-state index contributed by atoms with van der Waals surface area (Å²) in [6.07, 6.45) is 0.662. The fraction of sp³-hybridized carbons (Fsp3) is 0.455. The number of aliphatic hydroxyl groups excluding tert-OH is 1. The molecule has 2 rings (SSSR count). The second-order valence-electron chi connectivity index (χ2n) is 3.73. The van der Waals surface area contributed by atoms with Crippen LogP contribution in [0.25, 0.3) is 0 Å². The molecule has 0 bridgehead atoms. The summed E-state index contributed by atoms with van der Waals surface area (Å²) in [4.78, 5) is 0. The van der Waals surface area contributed by atoms with Gasteiger partial charge in [0.25, 0.3) is 0 Å². The van der Waals surface area contributed by atoms with E-state index in [4.69, 9.17) is 0 Å². The standard InChI is InChI=1S/C11H14O/c1-7-4-3-5-9-10(12)6-8(2)11(7)9/h3-5,8,10,12H,6H2,1-2H3/t8-,10+/m1/s1. The molecule has 12 heavy (non-hydrogen) atoms. The van der Waals surface area contributed by atoms with Crippen molar-refractivity contribution in [2.75, 3.05) is 0 Å². The summed E-state index contributed by atoms with van der Waals surface area (Å²) in [6, 6.07) is 6.18. The molecular formula is C11H14O. The van der Waals surface area contributed by atoms with Crippen molar-refractivity contribution in [1.29, 1.82) is 0 Å². The first-order valence-corrected chi connectivity index (χ1v) is 4.47. The van der Waals surface area contributed by atoms with Crippen LogP contribution in [-0.4, -0.2) is 5.11 Å². The van der Waals surface area contributed by atoms with Gasteiger partial charge in [-0.05, 0) is 36.0 Å². The maximum atomic E-state index is 9.68. The third-order valence-corrected chi connectivity index (χ3v) is 2.79. The second kappa shape index (κ2) is 2.60. The highest BCUT2D eigenvalue weighted by Gasteiger charge is 2.27. The van der Waals surface area contributed by atoms with Crippen molar-refractivity contribution >= 4 is 0 Å². The predicted molar refractivity (Wildman–Crippen MR) is 49.2 cm³/mol. The molecule has 64 valence electrons. The molecular weight excluding hydrogens is 148 g/mol. The smallest absolute Gasteiger partial charge is 0.0798 e. The van der Waals surface area contributed by atoms with E-state index in [1.807, 2.05) is 12.1 Å². The number of rotatable bonds is 0. The lowest BCUT2D eigenvalue weighted by atomic mass is 9.98. The maximum Gasteiger partial charge on any atom is 0.0798 e. The quantitative estimate of drug-likeness (QED) is 0.621. The summed E-state index contributed by atoms with van der Waals surface area (Å²) < 4.78 is 0. The van der Waals surface area contributed by atoms with Crippen molar-refractivity contribution < 1.29 is 5.11 Å². The van der Waals surface area contributed by atoms with E-state index < -0.39 is 0 Å². The molecule has 0 amide bonds. The highest BCUT2D eigenvalue weighted by molar-refractivity contribution is 5.42. The Hall–Kier alpha value is -0.820. The normalized spacial score (nSPS) is 27.2. The molecule has 0 saturated carbocycles. The lowest BCUT2D eigenvalue weighted by Crippen LogP contribution is -1.91. The van der Waals surface area contributed by atoms with Crippen LogP contribution in [0.1, 0.15) is 42.1 Å². The Morgan fingerprint density at radius 1 is 1.42 bits per heavy atom. The largest absolute Gasteiger partial charge is 0.388 e. The molecule has 0 radical (unpaired) electrons. The van der Waals surface area contributed by atoms with Crippen LogP contribution in [-0.2, 0) is 0 Å². The summed E-state index contributed by atoms with van der Waals surface area (Å²) in [7, 11) is 0. The minimum absolute atomic E-state index is 0.227. The van der Waals surface area contributed by atoms with Crippen molar-refractivity contribution in [3.8, 4) is 0 Å². The number of benzene rings is 1. The van der Waals surface area contributed by atoms with Crippen LogP contribution in [0.3, 0.4) is 0 Å². The zero-order valence-corrected chi connectivity index (χ0v) is 7.54. The van der Waals surface area contributed by atoms with E-state index in [-0.39, 0.29) is 6.10 Å². The van der Waals surface area contributed by atoms with Gasteiger partial charge in [0.2, 0.25) is 0 Å². The van der Waals surface area contributed by atoms with Gasteiger partial charge in [0.15, 0.2) is 0 Å². The van der Waals surface area contributed by atoms with E-state index in [9.17, 15) is 5.11 Å². The molecule has 2 atom stereocenters. The number of aliphatic hydroxyl groups is 1. The number of hydrogen-bond donors (Lipinski definition) is 1. The number of hydrogen-bond acceptors (Lipinski definition) is 1. The van der Waals surface area contributed by atoms with Gasteiger partial charge in [0, 0.05) is 0 Å². The fourth-order valence-electron chi connectivity index (χ4n) is 2.25. The zero-order valence-electron chi connectivity index (χ0n) is 7.54. The molecule has 0 saturated heterocycles. The van der Waals surface area contributed by atoms with Crippen molar-refractivity contribution in [3.05, 3.63) is 34.9 Å². The maximum absolute atomic E-state index is 9.68. The van der Waals surface area contributed by atoms with Gasteiger partial charge >= 0.3 is 0 Å². The molecule has 1 N–H and O–H groups in total. The predicted octanol–water partition coefficient (Wildman–Crippen LogP) is 2.54. The SMILES string of the molecule is Cc1cccc2c1[C@H](C)C[C@@H]2O. The second-order valence-corrected chi connectivity index (χ2v) is 3.73. The molecule has 1 aliphatic carbocycles. The molecule has 1 aromatic rings. The van der Waals surface area contributed by atoms with E-state index in [0.29, 0.717) is 5.92 Å². The third kappa shape index (κ3) is 0.969. The van der Waals surface area contributed by atoms with Crippen molar-refractivity contribution in [2.45, 2.75) is 32.3 Å². The summed E-state index contributed by atoms with van der Waals surface area (Å²) in [5.41, 5.74) is 3.82. The van der Waals surface area contributed by atoms with Crippen LogP contribution >= 0.6 is 0 Å². The molecule has 1 aliphatic rings. The zero-order chi connectivity index (χ0) is 8.72. The molecule has 0 spiro atoms. The summed E-state index contributed by atoms with van der Waals surface area (Å²) >= 11 is 0. The van der Waals surface area contributed by atoms with Gasteiger partial charge in [0.05, 0.1) is 6.10 Å². The van der Waals surface area contributed by atoms with Crippen molar-refractivity contribution in [1.82, 2.24) is 0 Å². The van der Waals surface area contributed by atoms with Crippen LogP contribution in [0.15, 0.2) is 18.2 Å². The first-order chi connectivity index (χ1) is 5.70. The molecule has 0 aromatic heterocycles. The van der Waals surface area contributed by atoms with E-state index in [2.05, 4.69) is 19.9 Å². The number of aryl methyl sites for hydroxylation is 1. The summed E-state index contributed by atoms with van der Waals surface area (Å²) in [6.45, 7) is 4.30. The minimum Gasteiger partial charge on any atom is -0.388 e. The molecule has 0 aliphatic heterocycles. The van der Waals surface area contributed by atoms with Gasteiger partial charge in [-0.25, -0.2) is 0 Å². The Morgan fingerprint density at radius 3 is 2.83 bits per heavy atom. The van der Waals surface area contributed by atoms with Crippen LogP contribution in [0.2, 0.25) is 0 Å². The average Bonchev–Trinajstić information content (AvgIpc) is 2.29. The highest BCUT2D eigenvalue weighted by atomic mass is 16.3. The lowest BCUT2D eigenvalue weighted by molar-refractivity contribution is 0.174. The van der Waals surface area contributed by atoms with Gasteiger partial charge in [-0.2, -0.15) is 0 Å². The monoisotopic (exact) mass is 162 g/mol. The first-order valence-electron chi connectivity index (χ1n) is 4.47. The Balaban J connectivity index is 2.59. The average molecular weight is 162 g/mol. The highest BCUT2D eigenvalue weighted by Crippen LogP contribution is 2.41. The van der Waals surface area contributed by atoms with Gasteiger partial charge in [-0.1, -0.05) is 25.1 Å². The van der Waals surface area contributed by atoms with Crippen molar-refractivity contribution in [3.63, 3.8) is 0 Å². The third-order valence-electron chi connectivity index (χ3n) is 2.79. The molecule has 0 fully saturated rings. The van der Waals surface area contributed by atoms with E-state index in [0.717, 1.165) is 12.0 Å². The van der Waals surface area contributed by atoms with E-state index in [1.165, 1.54) is 11.1 Å². The Kier molecular flexibility index (Phi) is 1.69. The molecule has 0 heterocycles. The van der Waals surface area contributed by atoms with Crippen LogP contribution in [0.4, 0.5) is 0 Å². The van der Waals surface area contributed by atoms with Gasteiger partial charge in [0.1, 0.15) is 0 Å². The van der Waals surface area contributed by atoms with Gasteiger partial charge < -0.3 is 5.11 Å². The lowest BCUT2D eigenvalue weighted by Gasteiger charge is -2.07. The Bertz CT molecular complexity index is 304. The summed E-state index contributed by atoms with van der Waals surface area (Å²) in [5, 5.41) is 9.68. The van der Waals surface area contributed by atoms with Gasteiger partial charge in [-0.15, -0.1) is 0 Å². The Morgan fingerprint density at radius 2 is 2.17 bits per heavy atom. The van der Waals surface area contributed by atoms with E-state index >= 15 is 0 Å². The van der Waals surface area contributed by atoms with Crippen LogP contribution in [0.5, 0.6) is 0 Å². The van der Waals surface area contributed by atoms with Crippen LogP contribution < -0.4 is 0 Å². The van der Waals surface area contributed by atoms with E-state index in [1.54, 1.807) is 0 Å². The molecule has 1 nitrogen and oxygen atoms in total. The van der Waals surface area contributed by atoms with Crippen molar-refractivity contribution in [2.24, 2.45) is 0 Å².